The summed E-state index contributed by atoms with van der Waals surface area (Å²) < 4.78 is 6.85. The van der Waals surface area contributed by atoms with E-state index in [-0.39, 0.29) is 0 Å². The minimum Gasteiger partial charge on any atom is -0.465 e. The summed E-state index contributed by atoms with van der Waals surface area (Å²) in [6.07, 6.45) is 1.94. The topological polar surface area (TPSA) is 102 Å². The number of anilines is 4. The van der Waals surface area contributed by atoms with Crippen LogP contribution in [0.15, 0.2) is 60.8 Å². The van der Waals surface area contributed by atoms with Crippen LogP contribution in [0.25, 0.3) is 16.7 Å². The van der Waals surface area contributed by atoms with Crippen LogP contribution in [-0.4, -0.2) is 65.7 Å². The Balaban J connectivity index is 1.42. The number of esters is 1. The lowest BCUT2D eigenvalue weighted by Gasteiger charge is -2.34. The molecule has 0 bridgehead atoms. The van der Waals surface area contributed by atoms with Gasteiger partial charge in [0, 0.05) is 43.8 Å². The quantitative estimate of drug-likeness (QED) is 0.440. The van der Waals surface area contributed by atoms with Gasteiger partial charge in [0.1, 0.15) is 5.52 Å². The van der Waals surface area contributed by atoms with Crippen molar-refractivity contribution in [1.82, 2.24) is 19.4 Å². The van der Waals surface area contributed by atoms with Crippen LogP contribution in [0.1, 0.15) is 10.4 Å². The number of aromatic nitrogens is 3. The van der Waals surface area contributed by atoms with Gasteiger partial charge in [-0.1, -0.05) is 12.1 Å². The molecule has 0 saturated carbocycles. The lowest BCUT2D eigenvalue weighted by molar-refractivity contribution is 0.0602. The molecule has 5 rings (SSSR count). The molecule has 0 radical (unpaired) electrons. The van der Waals surface area contributed by atoms with Gasteiger partial charge in [-0.15, -0.1) is 0 Å². The van der Waals surface area contributed by atoms with Gasteiger partial charge in [0.25, 0.3) is 0 Å². The van der Waals surface area contributed by atoms with Crippen LogP contribution in [0.3, 0.4) is 0 Å². The van der Waals surface area contributed by atoms with Crippen molar-refractivity contribution >= 4 is 40.1 Å². The summed E-state index contributed by atoms with van der Waals surface area (Å²) in [5.74, 6) is 0.212. The number of ether oxygens (including phenoxy) is 1. The van der Waals surface area contributed by atoms with Crippen LogP contribution in [0.4, 0.5) is 23.1 Å². The van der Waals surface area contributed by atoms with Crippen LogP contribution in [0, 0.1) is 0 Å². The van der Waals surface area contributed by atoms with E-state index in [1.165, 1.54) is 12.8 Å². The van der Waals surface area contributed by atoms with Crippen LogP contribution < -0.4 is 16.0 Å². The van der Waals surface area contributed by atoms with Crippen molar-refractivity contribution in [2.24, 2.45) is 0 Å². The highest BCUT2D eigenvalue weighted by atomic mass is 16.5. The number of hydrogen-bond donors (Lipinski definition) is 2. The number of methoxy groups -OCH3 is 1. The average molecular weight is 458 g/mol. The average Bonchev–Trinajstić information content (AvgIpc) is 3.29. The smallest absolute Gasteiger partial charge is 0.339 e. The first kappa shape index (κ1) is 21.7. The molecule has 2 aromatic carbocycles. The predicted octanol–water partition coefficient (Wildman–Crippen LogP) is 3.28. The van der Waals surface area contributed by atoms with E-state index in [9.17, 15) is 4.79 Å². The number of carbonyl (C=O) groups excluding carboxylic acids is 1. The number of nitrogens with zero attached hydrogens (tertiary/aromatic N) is 5. The van der Waals surface area contributed by atoms with E-state index in [4.69, 9.17) is 10.5 Å². The van der Waals surface area contributed by atoms with Crippen molar-refractivity contribution in [1.29, 1.82) is 0 Å². The van der Waals surface area contributed by atoms with Crippen LogP contribution in [-0.2, 0) is 4.74 Å². The molecule has 1 aliphatic heterocycles. The summed E-state index contributed by atoms with van der Waals surface area (Å²) in [5.41, 5.74) is 10.9. The number of fused-ring (bicyclic) bond motifs is 1. The zero-order chi connectivity index (χ0) is 23.7. The van der Waals surface area contributed by atoms with Crippen molar-refractivity contribution in [2.75, 3.05) is 56.3 Å². The molecule has 9 nitrogen and oxygen atoms in total. The Morgan fingerprint density at radius 3 is 2.41 bits per heavy atom. The Morgan fingerprint density at radius 2 is 1.68 bits per heavy atom. The number of piperazine rings is 1. The highest BCUT2D eigenvalue weighted by molar-refractivity contribution is 5.96. The Morgan fingerprint density at radius 1 is 0.971 bits per heavy atom. The molecule has 3 N–H and O–H groups in total. The van der Waals surface area contributed by atoms with Gasteiger partial charge in [0.05, 0.1) is 23.9 Å². The minimum absolute atomic E-state index is 0.310. The number of para-hydroxylation sites is 1. The van der Waals surface area contributed by atoms with Crippen molar-refractivity contribution < 1.29 is 9.53 Å². The molecule has 34 heavy (non-hydrogen) atoms. The molecule has 0 spiro atoms. The van der Waals surface area contributed by atoms with E-state index in [0.717, 1.165) is 37.4 Å². The molecule has 0 amide bonds. The molecule has 1 fully saturated rings. The zero-order valence-corrected chi connectivity index (χ0v) is 19.2. The summed E-state index contributed by atoms with van der Waals surface area (Å²) >= 11 is 0. The molecule has 174 valence electrons. The largest absolute Gasteiger partial charge is 0.465 e. The maximum absolute atomic E-state index is 12.1. The zero-order valence-electron chi connectivity index (χ0n) is 19.2. The fraction of sp³-hybridized carbons (Fsp3) is 0.240. The molecular weight excluding hydrogens is 430 g/mol. The number of rotatable bonds is 5. The van der Waals surface area contributed by atoms with Crippen molar-refractivity contribution in [3.8, 4) is 5.69 Å². The van der Waals surface area contributed by atoms with Gasteiger partial charge in [-0.05, 0) is 49.5 Å². The molecular formula is C25H27N7O2. The lowest BCUT2D eigenvalue weighted by atomic mass is 10.2. The van der Waals surface area contributed by atoms with Crippen LogP contribution in [0.5, 0.6) is 0 Å². The fourth-order valence-corrected chi connectivity index (χ4v) is 4.23. The van der Waals surface area contributed by atoms with Crippen molar-refractivity contribution in [2.45, 2.75) is 0 Å². The first-order chi connectivity index (χ1) is 16.5. The van der Waals surface area contributed by atoms with Gasteiger partial charge in [0.2, 0.25) is 5.95 Å². The molecule has 1 saturated heterocycles. The summed E-state index contributed by atoms with van der Waals surface area (Å²) in [4.78, 5) is 25.9. The van der Waals surface area contributed by atoms with Gasteiger partial charge in [-0.25, -0.2) is 9.78 Å². The van der Waals surface area contributed by atoms with Gasteiger partial charge >= 0.3 is 5.97 Å². The molecule has 0 aliphatic carbocycles. The first-order valence-electron chi connectivity index (χ1n) is 11.2. The van der Waals surface area contributed by atoms with Gasteiger partial charge < -0.3 is 30.2 Å². The second-order valence-electron chi connectivity index (χ2n) is 8.32. The van der Waals surface area contributed by atoms with Crippen molar-refractivity contribution in [3.05, 3.63) is 66.4 Å². The van der Waals surface area contributed by atoms with E-state index >= 15 is 0 Å². The van der Waals surface area contributed by atoms with Crippen LogP contribution in [0.2, 0.25) is 0 Å². The summed E-state index contributed by atoms with van der Waals surface area (Å²) in [6, 6.07) is 17.4. The molecule has 3 heterocycles. The molecule has 0 atom stereocenters. The van der Waals surface area contributed by atoms with E-state index in [2.05, 4.69) is 56.4 Å². The number of nitrogen functional groups attached to an aromatic ring is 1. The number of benzene rings is 2. The Bertz CT molecular complexity index is 1330. The number of likely N-dealkylation sites (N-methyl/N-ethyl adjacent to an activating group) is 1. The number of hydrogen-bond acceptors (Lipinski definition) is 8. The minimum atomic E-state index is -0.441. The van der Waals surface area contributed by atoms with E-state index in [1.54, 1.807) is 18.2 Å². The summed E-state index contributed by atoms with van der Waals surface area (Å²) in [7, 11) is 3.50. The first-order valence-corrected chi connectivity index (χ1v) is 11.2. The summed E-state index contributed by atoms with van der Waals surface area (Å²) in [6.45, 7) is 4.19. The lowest BCUT2D eigenvalue weighted by Crippen LogP contribution is -2.44. The second kappa shape index (κ2) is 9.03. The van der Waals surface area contributed by atoms with Gasteiger partial charge in [-0.3, -0.25) is 0 Å². The van der Waals surface area contributed by atoms with Gasteiger partial charge in [0.15, 0.2) is 5.82 Å². The van der Waals surface area contributed by atoms with Crippen molar-refractivity contribution in [3.63, 3.8) is 0 Å². The molecule has 1 aliphatic rings. The van der Waals surface area contributed by atoms with E-state index in [0.29, 0.717) is 28.5 Å². The number of carbonyl (C=O) groups is 1. The Hall–Kier alpha value is -4.11. The monoisotopic (exact) mass is 457 g/mol. The Labute approximate surface area is 197 Å². The number of nitrogens with one attached hydrogen (secondary N) is 1. The van der Waals surface area contributed by atoms with E-state index in [1.807, 2.05) is 22.9 Å². The SMILES string of the molecule is COC(=O)c1ccccc1Nc1nc(N)c2c(ccn2-c2ccc(N3CCN(C)CC3)cc2)n1. The Kier molecular flexibility index (Phi) is 5.77. The fourth-order valence-electron chi connectivity index (χ4n) is 4.23. The van der Waals surface area contributed by atoms with Crippen LogP contribution >= 0.6 is 0 Å². The third kappa shape index (κ3) is 4.13. The summed E-state index contributed by atoms with van der Waals surface area (Å²) in [5, 5.41) is 3.10. The molecule has 0 unspecified atom stereocenters. The normalized spacial score (nSPS) is 14.4. The number of nitrogens with two attached hydrogens (primary N) is 1. The second-order valence-corrected chi connectivity index (χ2v) is 8.32. The molecule has 4 aromatic rings. The third-order valence-electron chi connectivity index (χ3n) is 6.14. The predicted molar refractivity (Wildman–Crippen MR) is 134 cm³/mol. The highest BCUT2D eigenvalue weighted by Gasteiger charge is 2.17. The maximum atomic E-state index is 12.1. The molecule has 9 heteroatoms. The third-order valence-corrected chi connectivity index (χ3v) is 6.14. The van der Waals surface area contributed by atoms with E-state index < -0.39 is 5.97 Å². The highest BCUT2D eigenvalue weighted by Crippen LogP contribution is 2.28. The molecule has 2 aromatic heterocycles. The standard InChI is InChI=1S/C25H27N7O2/c1-30-13-15-31(16-14-30)17-7-9-18(10-8-17)32-12-11-21-22(32)23(26)29-25(28-21)27-20-6-4-3-5-19(20)24(33)34-2/h3-12H,13-16H2,1-2H3,(H3,26,27,28,29). The van der Waals surface area contributed by atoms with Gasteiger partial charge in [-0.2, -0.15) is 4.98 Å². The maximum Gasteiger partial charge on any atom is 0.339 e.